The van der Waals surface area contributed by atoms with Crippen LogP contribution in [0.4, 0.5) is 4.79 Å². The van der Waals surface area contributed by atoms with Crippen LogP contribution in [0.1, 0.15) is 113 Å². The predicted molar refractivity (Wildman–Crippen MR) is 368 cm³/mol. The molecular formula is C74H61Cl2N7O23. The fraction of sp³-hybridized carbons (Fsp3) is 0.216. The molecule has 9 atom stereocenters. The third kappa shape index (κ3) is 15.0. The van der Waals surface area contributed by atoms with E-state index in [1.165, 1.54) is 72.8 Å². The van der Waals surface area contributed by atoms with E-state index in [0.717, 1.165) is 66.7 Å². The quantitative estimate of drug-likeness (QED) is 0.0443. The number of hydrogen-bond donors (Lipinski definition) is 13. The molecule has 0 saturated carbocycles. The summed E-state index contributed by atoms with van der Waals surface area (Å²) in [6.45, 7) is 4.59. The van der Waals surface area contributed by atoms with Crippen molar-refractivity contribution < 1.29 is 112 Å². The predicted octanol–water partition coefficient (Wildman–Crippen LogP) is 7.84. The van der Waals surface area contributed by atoms with Gasteiger partial charge in [-0.05, 0) is 145 Å². The average Bonchev–Trinajstić information content (AvgIpc) is 0.834. The molecule has 106 heavy (non-hydrogen) atoms. The molecule has 32 heteroatoms. The molecular weight excluding hydrogens is 1430 g/mol. The molecule has 15 rings (SSSR count). The lowest BCUT2D eigenvalue weighted by Crippen LogP contribution is -2.55. The highest BCUT2D eigenvalue weighted by Gasteiger charge is 2.43. The number of aliphatic hydroxyl groups excluding tert-OH is 1. The van der Waals surface area contributed by atoms with Crippen LogP contribution in [0.5, 0.6) is 69.0 Å². The van der Waals surface area contributed by atoms with Gasteiger partial charge in [-0.1, -0.05) is 65.7 Å². The summed E-state index contributed by atoms with van der Waals surface area (Å²) in [5, 5.41) is 87.4. The van der Waals surface area contributed by atoms with Gasteiger partial charge in [-0.25, -0.2) is 19.2 Å². The molecule has 0 radical (unpaired) electrons. The maximum Gasteiger partial charge on any atom is 0.408 e. The molecule has 7 heterocycles. The number of fused-ring (bicyclic) bond motifs is 14. The fourth-order valence-electron chi connectivity index (χ4n) is 12.4. The van der Waals surface area contributed by atoms with Crippen molar-refractivity contribution in [2.45, 2.75) is 93.7 Å². The minimum atomic E-state index is -2.31. The number of carbonyl (C=O) groups excluding carboxylic acids is 10. The number of alkyl carbamates (subject to hydrolysis) is 1. The number of nitrogens with one attached hydrogen (secondary N) is 7. The third-order valence-corrected chi connectivity index (χ3v) is 18.0. The lowest BCUT2D eigenvalue weighted by molar-refractivity contribution is -0.144. The number of cyclic esters (lactones) is 1. The molecule has 0 aliphatic carbocycles. The van der Waals surface area contributed by atoms with Crippen LogP contribution in [0.15, 0.2) is 146 Å². The molecule has 1 saturated heterocycles. The molecule has 8 aromatic rings. The summed E-state index contributed by atoms with van der Waals surface area (Å²) in [7, 11) is 0. The maximum atomic E-state index is 16.3. The second-order valence-electron chi connectivity index (χ2n) is 26.0. The minimum Gasteiger partial charge on any atom is -0.508 e. The Balaban J connectivity index is 1.02. The first kappa shape index (κ1) is 71.6. The summed E-state index contributed by atoms with van der Waals surface area (Å²) in [5.41, 5.74) is -3.86. The van der Waals surface area contributed by atoms with Crippen molar-refractivity contribution in [1.29, 1.82) is 0 Å². The molecule has 544 valence electrons. The maximum absolute atomic E-state index is 16.3. The van der Waals surface area contributed by atoms with Crippen molar-refractivity contribution >= 4 is 82.6 Å². The number of halogens is 2. The number of phenols is 5. The molecule has 17 bridgehead atoms. The van der Waals surface area contributed by atoms with Gasteiger partial charge < -0.3 is 101 Å². The standard InChI is InChI=1S/C74H61Cl2N7O23/c1-74(2,3)106-73(99)83-57-34-11-14-47(87)52(25-34)101-40-22-36(21-38(84)28-40)58-67(93)80-59-37-26-53(102-49-15-9-31(19-43(49)75)20-45(64(90)78-58)77-65(57)91)63(104-51-17-18-100-71(51)97)54(27-37)103-50-16-12-35(24-44(50)76)62(89)61-69(95)81-60(72(98)105-70(96)32-7-5-4-6-8-32)42-29-39(85)30-48(88)55(42)41-23-33(10-13-46(41)86)56(66(92)82-61)79-68(59)94/h4-16,19,21-30,45,51,56-62,84-89H,17-18,20H2,1-3H3,(H,77,91)(H,78,90)(H,79,94)(H,80,93)(H,81,95)(H,82,92)(H,83,99)/t45-,51?,56-,57+,58+,59-,60-,61+,62-/m1/s1. The minimum absolute atomic E-state index is 0.0253. The van der Waals surface area contributed by atoms with E-state index in [0.29, 0.717) is 0 Å². The van der Waals surface area contributed by atoms with E-state index < -0.39 is 189 Å². The van der Waals surface area contributed by atoms with Gasteiger partial charge in [0.05, 0.1) is 22.2 Å². The summed E-state index contributed by atoms with van der Waals surface area (Å²) in [4.78, 5) is 149. The van der Waals surface area contributed by atoms with Crippen LogP contribution in [-0.2, 0) is 59.0 Å². The molecule has 7 amide bonds. The summed E-state index contributed by atoms with van der Waals surface area (Å²) >= 11 is 14.2. The average molecular weight is 1490 g/mol. The number of aromatic hydroxyl groups is 5. The largest absolute Gasteiger partial charge is 0.508 e. The van der Waals surface area contributed by atoms with Crippen LogP contribution in [0.25, 0.3) is 11.1 Å². The van der Waals surface area contributed by atoms with E-state index in [1.54, 1.807) is 26.8 Å². The highest BCUT2D eigenvalue weighted by molar-refractivity contribution is 6.32. The third-order valence-electron chi connectivity index (χ3n) is 17.4. The van der Waals surface area contributed by atoms with Crippen LogP contribution >= 0.6 is 23.2 Å². The number of hydrogen-bond acceptors (Lipinski definition) is 23. The zero-order valence-corrected chi connectivity index (χ0v) is 57.1. The number of benzene rings is 8. The Hall–Kier alpha value is -12.8. The molecule has 8 aromatic carbocycles. The summed E-state index contributed by atoms with van der Waals surface area (Å²) in [6, 6.07) is 14.1. The van der Waals surface area contributed by atoms with E-state index in [1.807, 2.05) is 0 Å². The van der Waals surface area contributed by atoms with E-state index in [-0.39, 0.29) is 85.0 Å². The summed E-state index contributed by atoms with van der Waals surface area (Å²) < 4.78 is 41.8. The SMILES string of the molecule is CC(C)(C)OC(=O)N[C@@H]1C(=O)N[C@@H]2Cc3ccc(c(Cl)c3)Oc3cc4cc(c3OC3CCOC3=O)Oc3ccc(cc3Cl)[C@@H](O)[C@@H]3NC(=O)[C@H](NC(=O)[C@@H]4NC(=O)[C@@H](NC2=O)c2cc(O)cc(c2)Oc2cc1ccc2O)c1ccc(O)c(c1)-c1c(O)cc(O)cc1[C@H](C(=O)OC(=O)c1ccccc1)NC3=O. The van der Waals surface area contributed by atoms with Gasteiger partial charge in [0, 0.05) is 41.7 Å². The molecule has 1 fully saturated rings. The normalized spacial score (nSPS) is 21.3. The second kappa shape index (κ2) is 28.8. The second-order valence-corrected chi connectivity index (χ2v) is 26.8. The molecule has 13 N–H and O–H groups in total. The van der Waals surface area contributed by atoms with E-state index in [2.05, 4.69) is 37.2 Å². The Morgan fingerprint density at radius 1 is 0.547 bits per heavy atom. The Kier molecular flexibility index (Phi) is 19.4. The van der Waals surface area contributed by atoms with Gasteiger partial charge in [0.15, 0.2) is 35.1 Å². The van der Waals surface area contributed by atoms with Gasteiger partial charge >= 0.3 is 24.0 Å². The molecule has 7 aliphatic heterocycles. The first-order chi connectivity index (χ1) is 50.5. The molecule has 30 nitrogen and oxygen atoms in total. The van der Waals surface area contributed by atoms with Crippen LogP contribution in [0, 0.1) is 0 Å². The van der Waals surface area contributed by atoms with Crippen molar-refractivity contribution in [3.05, 3.63) is 200 Å². The summed E-state index contributed by atoms with van der Waals surface area (Å²) in [5.74, 6) is -17.3. The number of phenolic OH excluding ortho intramolecular Hbond substituents is 5. The number of amides is 7. The van der Waals surface area contributed by atoms with Crippen molar-refractivity contribution in [2.75, 3.05) is 6.61 Å². The Bertz CT molecular complexity index is 5010. The zero-order chi connectivity index (χ0) is 75.3. The topological polar surface area (TPSA) is 441 Å². The van der Waals surface area contributed by atoms with Gasteiger partial charge in [0.2, 0.25) is 41.2 Å². The summed E-state index contributed by atoms with van der Waals surface area (Å²) in [6.07, 6.45) is -5.23. The van der Waals surface area contributed by atoms with Crippen molar-refractivity contribution in [2.24, 2.45) is 0 Å². The number of carbonyl (C=O) groups is 10. The molecule has 0 spiro atoms. The van der Waals surface area contributed by atoms with E-state index in [9.17, 15) is 54.6 Å². The van der Waals surface area contributed by atoms with Crippen LogP contribution < -0.4 is 56.2 Å². The van der Waals surface area contributed by atoms with Gasteiger partial charge in [-0.2, -0.15) is 0 Å². The van der Waals surface area contributed by atoms with E-state index >= 15 is 24.0 Å². The Morgan fingerprint density at radius 3 is 1.83 bits per heavy atom. The number of esters is 3. The first-order valence-electron chi connectivity index (χ1n) is 32.5. The molecule has 7 aliphatic rings. The lowest BCUT2D eigenvalue weighted by atomic mass is 9.89. The monoisotopic (exact) mass is 1490 g/mol. The van der Waals surface area contributed by atoms with Gasteiger partial charge in [0.1, 0.15) is 88.2 Å². The van der Waals surface area contributed by atoms with Crippen LogP contribution in [0.3, 0.4) is 0 Å². The molecule has 0 aromatic heterocycles. The van der Waals surface area contributed by atoms with Crippen molar-refractivity contribution in [3.63, 3.8) is 0 Å². The van der Waals surface area contributed by atoms with Crippen molar-refractivity contribution in [3.8, 4) is 80.1 Å². The van der Waals surface area contributed by atoms with E-state index in [4.69, 9.17) is 56.4 Å². The zero-order valence-electron chi connectivity index (χ0n) is 55.6. The van der Waals surface area contributed by atoms with Crippen LogP contribution in [0.2, 0.25) is 10.0 Å². The smallest absolute Gasteiger partial charge is 0.408 e. The van der Waals surface area contributed by atoms with Gasteiger partial charge in [-0.15, -0.1) is 0 Å². The van der Waals surface area contributed by atoms with Gasteiger partial charge in [0.25, 0.3) is 0 Å². The highest BCUT2D eigenvalue weighted by atomic mass is 35.5. The van der Waals surface area contributed by atoms with Crippen molar-refractivity contribution in [1.82, 2.24) is 37.2 Å². The number of aliphatic hydroxyl groups is 1. The number of rotatable bonds is 5. The highest BCUT2D eigenvalue weighted by Crippen LogP contribution is 2.50. The first-order valence-corrected chi connectivity index (χ1v) is 33.2. The molecule has 1 unspecified atom stereocenters. The number of ether oxygens (including phenoxy) is 7. The Morgan fingerprint density at radius 2 is 1.16 bits per heavy atom. The Labute approximate surface area is 609 Å². The fourth-order valence-corrected chi connectivity index (χ4v) is 12.9. The lowest BCUT2D eigenvalue weighted by Gasteiger charge is -2.31. The van der Waals surface area contributed by atoms with Gasteiger partial charge in [-0.3, -0.25) is 28.8 Å². The van der Waals surface area contributed by atoms with Crippen LogP contribution in [-0.4, -0.2) is 120 Å².